The van der Waals surface area contributed by atoms with Crippen molar-refractivity contribution in [2.75, 3.05) is 33.3 Å². The number of rotatable bonds is 5. The molecule has 9 nitrogen and oxygen atoms in total. The van der Waals surface area contributed by atoms with Gasteiger partial charge in [-0.25, -0.2) is 9.78 Å². The number of hydrogen-bond acceptors (Lipinski definition) is 7. The molecule has 0 radical (unpaired) electrons. The number of aryl methyl sites for hydroxylation is 1. The number of alkyl halides is 3. The summed E-state index contributed by atoms with van der Waals surface area (Å²) in [5.41, 5.74) is 0.472. The Bertz CT molecular complexity index is 927. The van der Waals surface area contributed by atoms with E-state index in [0.717, 1.165) is 38.3 Å². The maximum Gasteiger partial charge on any atom is 0.490 e. The molecule has 1 spiro atoms. The highest BCUT2D eigenvalue weighted by molar-refractivity contribution is 5.93. The van der Waals surface area contributed by atoms with Crippen molar-refractivity contribution in [1.29, 1.82) is 0 Å². The number of amides is 1. The summed E-state index contributed by atoms with van der Waals surface area (Å²) in [5, 5.41) is 7.12. The standard InChI is InChI=1S/C19H25N3O4.C2HF3O2/c1-14-17(25-13-20-14)18(23)22-11-19(12-22)6-5-15(10-26-19)8-21(2)9-16-4-3-7-24-16;3-2(4,5)1(6)7/h3-4,7,13,15H,5-6,8-12H2,1-2H3;(H,6,7). The van der Waals surface area contributed by atoms with Crippen LogP contribution in [0.4, 0.5) is 13.2 Å². The van der Waals surface area contributed by atoms with Gasteiger partial charge in [0.05, 0.1) is 38.2 Å². The van der Waals surface area contributed by atoms with Gasteiger partial charge in [-0.2, -0.15) is 13.2 Å². The van der Waals surface area contributed by atoms with Crippen LogP contribution < -0.4 is 0 Å². The molecule has 0 saturated carbocycles. The molecule has 33 heavy (non-hydrogen) atoms. The van der Waals surface area contributed by atoms with Crippen molar-refractivity contribution in [3.8, 4) is 0 Å². The average molecular weight is 473 g/mol. The van der Waals surface area contributed by atoms with E-state index in [4.69, 9.17) is 23.5 Å². The van der Waals surface area contributed by atoms with Crippen LogP contribution in [0.5, 0.6) is 0 Å². The van der Waals surface area contributed by atoms with E-state index in [1.54, 1.807) is 18.1 Å². The summed E-state index contributed by atoms with van der Waals surface area (Å²) in [5.74, 6) is -1.01. The Kier molecular flexibility index (Phi) is 7.48. The molecular formula is C21H26F3N3O6. The minimum Gasteiger partial charge on any atom is -0.475 e. The Balaban J connectivity index is 0.000000383. The molecule has 1 atom stereocenters. The van der Waals surface area contributed by atoms with Crippen LogP contribution in [-0.4, -0.2) is 76.8 Å². The molecule has 1 unspecified atom stereocenters. The third kappa shape index (κ3) is 6.35. The van der Waals surface area contributed by atoms with Crippen molar-refractivity contribution in [3.05, 3.63) is 42.0 Å². The van der Waals surface area contributed by atoms with Crippen molar-refractivity contribution in [3.63, 3.8) is 0 Å². The number of halogens is 3. The smallest absolute Gasteiger partial charge is 0.475 e. The number of nitrogens with zero attached hydrogens (tertiary/aromatic N) is 3. The van der Waals surface area contributed by atoms with Crippen LogP contribution in [0.1, 0.15) is 34.9 Å². The zero-order valence-electron chi connectivity index (χ0n) is 18.3. The first-order valence-electron chi connectivity index (χ1n) is 10.3. The molecule has 2 fully saturated rings. The van der Waals surface area contributed by atoms with Gasteiger partial charge in [0.15, 0.2) is 6.39 Å². The Morgan fingerprint density at radius 1 is 1.33 bits per heavy atom. The third-order valence-electron chi connectivity index (χ3n) is 5.64. The maximum absolute atomic E-state index is 12.4. The van der Waals surface area contributed by atoms with Gasteiger partial charge in [0.2, 0.25) is 5.76 Å². The van der Waals surface area contributed by atoms with Gasteiger partial charge in [-0.15, -0.1) is 0 Å². The van der Waals surface area contributed by atoms with E-state index >= 15 is 0 Å². The number of ether oxygens (including phenoxy) is 1. The fraction of sp³-hybridized carbons (Fsp3) is 0.571. The number of furan rings is 1. The Morgan fingerprint density at radius 3 is 2.52 bits per heavy atom. The molecule has 0 bridgehead atoms. The summed E-state index contributed by atoms with van der Waals surface area (Å²) < 4.78 is 48.5. The number of aromatic nitrogens is 1. The van der Waals surface area contributed by atoms with Crippen LogP contribution in [0.3, 0.4) is 0 Å². The molecule has 4 rings (SSSR count). The van der Waals surface area contributed by atoms with Crippen LogP contribution in [0.2, 0.25) is 0 Å². The van der Waals surface area contributed by atoms with Gasteiger partial charge in [-0.3, -0.25) is 9.69 Å². The lowest BCUT2D eigenvalue weighted by molar-refractivity contribution is -0.192. The van der Waals surface area contributed by atoms with E-state index in [0.29, 0.717) is 30.5 Å². The first kappa shape index (κ1) is 24.8. The van der Waals surface area contributed by atoms with Crippen LogP contribution in [-0.2, 0) is 16.1 Å². The van der Waals surface area contributed by atoms with Crippen LogP contribution >= 0.6 is 0 Å². The van der Waals surface area contributed by atoms with Gasteiger partial charge >= 0.3 is 12.1 Å². The molecule has 0 aromatic carbocycles. The number of likely N-dealkylation sites (tertiary alicyclic amines) is 1. The highest BCUT2D eigenvalue weighted by Crippen LogP contribution is 2.37. The number of aliphatic carboxylic acids is 1. The fourth-order valence-corrected chi connectivity index (χ4v) is 3.93. The Morgan fingerprint density at radius 2 is 2.03 bits per heavy atom. The Hall–Kier alpha value is -2.86. The summed E-state index contributed by atoms with van der Waals surface area (Å²) in [6.07, 6.45) is 0.0525. The normalized spacial score (nSPS) is 19.7. The van der Waals surface area contributed by atoms with Crippen molar-refractivity contribution < 1.29 is 41.4 Å². The van der Waals surface area contributed by atoms with Gasteiger partial charge in [0.25, 0.3) is 5.91 Å². The minimum atomic E-state index is -5.08. The van der Waals surface area contributed by atoms with Crippen molar-refractivity contribution >= 4 is 11.9 Å². The summed E-state index contributed by atoms with van der Waals surface area (Å²) in [7, 11) is 2.11. The van der Waals surface area contributed by atoms with Gasteiger partial charge in [-0.1, -0.05) is 0 Å². The fourth-order valence-electron chi connectivity index (χ4n) is 3.93. The SMILES string of the molecule is Cc1ncoc1C(=O)N1CC2(CCC(CN(C)Cc3ccco3)CO2)C1.O=C(O)C(F)(F)F. The predicted octanol–water partition coefficient (Wildman–Crippen LogP) is 2.96. The highest BCUT2D eigenvalue weighted by Gasteiger charge is 2.49. The molecule has 0 aliphatic carbocycles. The van der Waals surface area contributed by atoms with Gasteiger partial charge in [-0.05, 0) is 44.9 Å². The van der Waals surface area contributed by atoms with Crippen molar-refractivity contribution in [2.45, 2.75) is 38.1 Å². The average Bonchev–Trinajstić information content (AvgIpc) is 3.37. The van der Waals surface area contributed by atoms with E-state index in [9.17, 15) is 18.0 Å². The highest BCUT2D eigenvalue weighted by atomic mass is 19.4. The molecule has 2 aliphatic rings. The van der Waals surface area contributed by atoms with E-state index in [2.05, 4.69) is 16.9 Å². The number of carboxylic acid groups (broad SMARTS) is 1. The monoisotopic (exact) mass is 473 g/mol. The number of hydrogen-bond donors (Lipinski definition) is 1. The number of oxazole rings is 1. The zero-order valence-corrected chi connectivity index (χ0v) is 18.3. The van der Waals surface area contributed by atoms with E-state index in [-0.39, 0.29) is 11.5 Å². The lowest BCUT2D eigenvalue weighted by Gasteiger charge is -2.52. The summed E-state index contributed by atoms with van der Waals surface area (Å²) in [4.78, 5) is 29.4. The lowest BCUT2D eigenvalue weighted by Crippen LogP contribution is -2.66. The largest absolute Gasteiger partial charge is 0.490 e. The summed E-state index contributed by atoms with van der Waals surface area (Å²) in [6.45, 7) is 5.60. The molecule has 4 heterocycles. The number of carbonyl (C=O) groups excluding carboxylic acids is 1. The van der Waals surface area contributed by atoms with Crippen LogP contribution in [0.25, 0.3) is 0 Å². The van der Waals surface area contributed by atoms with Crippen molar-refractivity contribution in [1.82, 2.24) is 14.8 Å². The Labute approximate surface area is 188 Å². The second-order valence-electron chi connectivity index (χ2n) is 8.41. The van der Waals surface area contributed by atoms with Gasteiger partial charge < -0.3 is 23.6 Å². The molecule has 2 saturated heterocycles. The molecule has 2 aromatic rings. The van der Waals surface area contributed by atoms with Crippen LogP contribution in [0.15, 0.2) is 33.6 Å². The van der Waals surface area contributed by atoms with Crippen LogP contribution in [0, 0.1) is 12.8 Å². The van der Waals surface area contributed by atoms with E-state index < -0.39 is 12.1 Å². The third-order valence-corrected chi connectivity index (χ3v) is 5.64. The molecule has 2 aliphatic heterocycles. The quantitative estimate of drug-likeness (QED) is 0.706. The zero-order chi connectivity index (χ0) is 24.2. The molecule has 12 heteroatoms. The number of carboxylic acids is 1. The predicted molar refractivity (Wildman–Crippen MR) is 107 cm³/mol. The maximum atomic E-state index is 12.4. The van der Waals surface area contributed by atoms with Crippen molar-refractivity contribution in [2.24, 2.45) is 5.92 Å². The molecule has 1 amide bonds. The minimum absolute atomic E-state index is 0.0884. The second kappa shape index (κ2) is 9.96. The second-order valence-corrected chi connectivity index (χ2v) is 8.41. The van der Waals surface area contributed by atoms with Gasteiger partial charge in [0, 0.05) is 6.54 Å². The van der Waals surface area contributed by atoms with Gasteiger partial charge in [0.1, 0.15) is 11.4 Å². The molecule has 2 aromatic heterocycles. The molecule has 182 valence electrons. The first-order chi connectivity index (χ1) is 15.5. The summed E-state index contributed by atoms with van der Waals surface area (Å²) in [6, 6.07) is 3.92. The number of carbonyl (C=O) groups is 2. The molecular weight excluding hydrogens is 447 g/mol. The lowest BCUT2D eigenvalue weighted by atomic mass is 9.82. The topological polar surface area (TPSA) is 109 Å². The summed E-state index contributed by atoms with van der Waals surface area (Å²) >= 11 is 0. The molecule has 1 N–H and O–H groups in total. The van der Waals surface area contributed by atoms with E-state index in [1.165, 1.54) is 6.39 Å². The first-order valence-corrected chi connectivity index (χ1v) is 10.3. The van der Waals surface area contributed by atoms with E-state index in [1.807, 2.05) is 12.1 Å².